The lowest BCUT2D eigenvalue weighted by atomic mass is 10.1. The van der Waals surface area contributed by atoms with Gasteiger partial charge in [0.25, 0.3) is 0 Å². The summed E-state index contributed by atoms with van der Waals surface area (Å²) >= 11 is 0. The van der Waals surface area contributed by atoms with E-state index in [-0.39, 0.29) is 17.4 Å². The molecule has 1 saturated carbocycles. The van der Waals surface area contributed by atoms with Gasteiger partial charge < -0.3 is 0 Å². The lowest BCUT2D eigenvalue weighted by Crippen LogP contribution is -2.15. The van der Waals surface area contributed by atoms with E-state index in [1.165, 1.54) is 4.52 Å². The zero-order valence-electron chi connectivity index (χ0n) is 8.51. The molecule has 3 rings (SSSR count). The molecular weight excluding hydrogens is 208 g/mol. The molecule has 0 bridgehead atoms. The average Bonchev–Trinajstić information content (AvgIpc) is 3.06. The Bertz CT molecular complexity index is 609. The summed E-state index contributed by atoms with van der Waals surface area (Å²) in [4.78, 5) is 22.8. The van der Waals surface area contributed by atoms with Gasteiger partial charge in [0.2, 0.25) is 0 Å². The highest BCUT2D eigenvalue weighted by molar-refractivity contribution is 5.84. The minimum Gasteiger partial charge on any atom is -0.299 e. The molecule has 2 aromatic heterocycles. The molecule has 0 spiro atoms. The molecule has 0 radical (unpaired) electrons. The van der Waals surface area contributed by atoms with Crippen LogP contribution in [0.2, 0.25) is 0 Å². The molecule has 1 aliphatic carbocycles. The number of aromatic nitrogens is 4. The predicted molar refractivity (Wildman–Crippen MR) is 55.0 cm³/mol. The van der Waals surface area contributed by atoms with Crippen LogP contribution in [0, 0.1) is 5.92 Å². The van der Waals surface area contributed by atoms with Gasteiger partial charge in [-0.25, -0.2) is 9.89 Å². The second-order valence-corrected chi connectivity index (χ2v) is 4.04. The van der Waals surface area contributed by atoms with E-state index in [1.54, 1.807) is 12.1 Å². The molecule has 0 amide bonds. The number of carbonyl (C=O) groups is 1. The van der Waals surface area contributed by atoms with E-state index in [2.05, 4.69) is 15.3 Å². The third-order valence-corrected chi connectivity index (χ3v) is 2.72. The number of Topliss-reactive ketones (excluding diaryl/α,β-unsaturated/α-hetero) is 1. The largest absolute Gasteiger partial charge is 0.364 e. The zero-order valence-corrected chi connectivity index (χ0v) is 8.51. The van der Waals surface area contributed by atoms with E-state index >= 15 is 0 Å². The summed E-state index contributed by atoms with van der Waals surface area (Å²) in [7, 11) is 0. The summed E-state index contributed by atoms with van der Waals surface area (Å²) in [6.07, 6.45) is 2.29. The Hall–Kier alpha value is -1.98. The maximum Gasteiger partial charge on any atom is 0.364 e. The fourth-order valence-electron chi connectivity index (χ4n) is 1.66. The number of carbonyl (C=O) groups excluding carboxylic acids is 1. The van der Waals surface area contributed by atoms with Crippen LogP contribution < -0.4 is 5.69 Å². The molecule has 0 aromatic carbocycles. The van der Waals surface area contributed by atoms with Crippen LogP contribution in [-0.4, -0.2) is 25.6 Å². The van der Waals surface area contributed by atoms with Crippen molar-refractivity contribution >= 4 is 11.4 Å². The van der Waals surface area contributed by atoms with Crippen LogP contribution in [0.3, 0.4) is 0 Å². The Morgan fingerprint density at radius 3 is 3.06 bits per heavy atom. The first kappa shape index (κ1) is 9.26. The fraction of sp³-hybridized carbons (Fsp3) is 0.400. The third-order valence-electron chi connectivity index (χ3n) is 2.72. The molecule has 2 aromatic rings. The molecule has 1 fully saturated rings. The zero-order chi connectivity index (χ0) is 11.1. The van der Waals surface area contributed by atoms with Crippen molar-refractivity contribution in [1.29, 1.82) is 0 Å². The maximum atomic E-state index is 11.6. The first-order valence-corrected chi connectivity index (χ1v) is 5.20. The lowest BCUT2D eigenvalue weighted by Gasteiger charge is -1.98. The Morgan fingerprint density at radius 2 is 2.31 bits per heavy atom. The Labute approximate surface area is 90.3 Å². The molecule has 0 aliphatic heterocycles. The molecule has 0 unspecified atom stereocenters. The highest BCUT2D eigenvalue weighted by Gasteiger charge is 2.29. The van der Waals surface area contributed by atoms with Gasteiger partial charge in [-0.15, -0.1) is 0 Å². The highest BCUT2D eigenvalue weighted by atomic mass is 16.2. The summed E-state index contributed by atoms with van der Waals surface area (Å²) in [5.74, 6) is 0.432. The Morgan fingerprint density at radius 1 is 1.50 bits per heavy atom. The van der Waals surface area contributed by atoms with Gasteiger partial charge in [0.05, 0.1) is 12.1 Å². The van der Waals surface area contributed by atoms with E-state index < -0.39 is 0 Å². The number of ketones is 1. The molecule has 0 saturated heterocycles. The molecule has 2 heterocycles. The van der Waals surface area contributed by atoms with E-state index in [9.17, 15) is 9.59 Å². The van der Waals surface area contributed by atoms with E-state index in [1.807, 2.05) is 0 Å². The number of hydrogen-bond acceptors (Lipinski definition) is 4. The van der Waals surface area contributed by atoms with Gasteiger partial charge >= 0.3 is 5.69 Å². The Balaban J connectivity index is 1.94. The average molecular weight is 218 g/mol. The molecular formula is C10H10N4O2. The van der Waals surface area contributed by atoms with Crippen molar-refractivity contribution in [3.05, 3.63) is 28.3 Å². The maximum absolute atomic E-state index is 11.6. The number of nitrogens with one attached hydrogen (secondary N) is 1. The number of aromatic amines is 1. The smallest absolute Gasteiger partial charge is 0.299 e. The van der Waals surface area contributed by atoms with Gasteiger partial charge in [-0.05, 0) is 25.0 Å². The van der Waals surface area contributed by atoms with Crippen molar-refractivity contribution in [2.45, 2.75) is 19.3 Å². The van der Waals surface area contributed by atoms with Crippen LogP contribution in [0.4, 0.5) is 0 Å². The van der Waals surface area contributed by atoms with Gasteiger partial charge in [0.1, 0.15) is 5.78 Å². The van der Waals surface area contributed by atoms with Crippen molar-refractivity contribution in [1.82, 2.24) is 19.8 Å². The topological polar surface area (TPSA) is 80.1 Å². The third kappa shape index (κ3) is 1.52. The lowest BCUT2D eigenvalue weighted by molar-refractivity contribution is -0.119. The van der Waals surface area contributed by atoms with Crippen molar-refractivity contribution in [2.24, 2.45) is 5.92 Å². The standard InChI is InChI=1S/C10H10N4O2/c15-8(6-1-2-6)5-7-3-4-9-11-12-10(16)14(9)13-7/h3-4,6H,1-2,5H2,(H,12,16). The second-order valence-electron chi connectivity index (χ2n) is 4.04. The minimum absolute atomic E-state index is 0.211. The summed E-state index contributed by atoms with van der Waals surface area (Å²) in [6.45, 7) is 0. The summed E-state index contributed by atoms with van der Waals surface area (Å²) in [5.41, 5.74) is 0.705. The van der Waals surface area contributed by atoms with E-state index in [4.69, 9.17) is 0 Å². The first-order chi connectivity index (χ1) is 7.74. The van der Waals surface area contributed by atoms with Gasteiger partial charge in [-0.3, -0.25) is 4.79 Å². The van der Waals surface area contributed by atoms with Gasteiger partial charge in [-0.1, -0.05) is 0 Å². The number of nitrogens with zero attached hydrogens (tertiary/aromatic N) is 3. The van der Waals surface area contributed by atoms with Crippen molar-refractivity contribution in [2.75, 3.05) is 0 Å². The quantitative estimate of drug-likeness (QED) is 0.782. The van der Waals surface area contributed by atoms with Crippen LogP contribution >= 0.6 is 0 Å². The second kappa shape index (κ2) is 3.26. The van der Waals surface area contributed by atoms with Crippen LogP contribution in [0.1, 0.15) is 18.5 Å². The van der Waals surface area contributed by atoms with Gasteiger partial charge in [0.15, 0.2) is 5.65 Å². The van der Waals surface area contributed by atoms with E-state index in [0.29, 0.717) is 17.8 Å². The minimum atomic E-state index is -0.379. The molecule has 0 atom stereocenters. The SMILES string of the molecule is O=C(Cc1ccc2n[nH]c(=O)n2n1)C1CC1. The predicted octanol–water partition coefficient (Wildman–Crippen LogP) is -0.0608. The summed E-state index contributed by atoms with van der Waals surface area (Å²) in [5, 5.41) is 10.1. The van der Waals surface area contributed by atoms with Crippen LogP contribution in [0.5, 0.6) is 0 Å². The first-order valence-electron chi connectivity index (χ1n) is 5.20. The van der Waals surface area contributed by atoms with Crippen molar-refractivity contribution < 1.29 is 4.79 Å². The van der Waals surface area contributed by atoms with Crippen LogP contribution in [-0.2, 0) is 11.2 Å². The summed E-state index contributed by atoms with van der Waals surface area (Å²) in [6, 6.07) is 3.41. The molecule has 16 heavy (non-hydrogen) atoms. The molecule has 6 heteroatoms. The molecule has 1 N–H and O–H groups in total. The fourth-order valence-corrected chi connectivity index (χ4v) is 1.66. The molecule has 6 nitrogen and oxygen atoms in total. The molecule has 1 aliphatic rings. The summed E-state index contributed by atoms with van der Waals surface area (Å²) < 4.78 is 1.18. The van der Waals surface area contributed by atoms with Gasteiger partial charge in [-0.2, -0.15) is 14.7 Å². The van der Waals surface area contributed by atoms with Gasteiger partial charge in [0, 0.05) is 5.92 Å². The van der Waals surface area contributed by atoms with Crippen LogP contribution in [0.25, 0.3) is 5.65 Å². The van der Waals surface area contributed by atoms with Crippen molar-refractivity contribution in [3.8, 4) is 0 Å². The van der Waals surface area contributed by atoms with E-state index in [0.717, 1.165) is 12.8 Å². The highest BCUT2D eigenvalue weighted by Crippen LogP contribution is 2.30. The normalized spacial score (nSPS) is 15.5. The molecule has 82 valence electrons. The van der Waals surface area contributed by atoms with Crippen molar-refractivity contribution in [3.63, 3.8) is 0 Å². The van der Waals surface area contributed by atoms with Crippen LogP contribution in [0.15, 0.2) is 16.9 Å². The number of H-pyrrole nitrogens is 1. The Kier molecular flexibility index (Phi) is 1.89. The number of fused-ring (bicyclic) bond motifs is 1. The monoisotopic (exact) mass is 218 g/mol. The number of rotatable bonds is 3. The number of hydrogen-bond donors (Lipinski definition) is 1.